The number of nitriles is 1. The van der Waals surface area contributed by atoms with Crippen LogP contribution < -0.4 is 4.72 Å². The second-order valence-electron chi connectivity index (χ2n) is 9.28. The molecule has 1 atom stereocenters. The normalized spacial score (nSPS) is 12.6. The van der Waals surface area contributed by atoms with Crippen LogP contribution in [-0.4, -0.2) is 14.5 Å². The number of benzene rings is 2. The van der Waals surface area contributed by atoms with Crippen molar-refractivity contribution < 1.29 is 0 Å². The highest BCUT2D eigenvalue weighted by Gasteiger charge is 2.39. The Balaban J connectivity index is 0.000000709. The van der Waals surface area contributed by atoms with Crippen molar-refractivity contribution in [2.45, 2.75) is 26.3 Å². The molecule has 0 amide bonds. The lowest BCUT2D eigenvalue weighted by Gasteiger charge is -2.33. The molecule has 0 aliphatic rings. The van der Waals surface area contributed by atoms with Crippen LogP contribution in [0, 0.1) is 17.2 Å². The molecule has 0 saturated carbocycles. The van der Waals surface area contributed by atoms with Crippen LogP contribution in [-0.2, 0) is 12.6 Å². The van der Waals surface area contributed by atoms with Crippen LogP contribution in [0.3, 0.4) is 0 Å². The van der Waals surface area contributed by atoms with Crippen molar-refractivity contribution in [2.75, 3.05) is 0 Å². The molecule has 0 fully saturated rings. The Hall–Kier alpha value is -3.44. The molecule has 0 saturated heterocycles. The van der Waals surface area contributed by atoms with Gasteiger partial charge in [0.1, 0.15) is 5.54 Å². The second kappa shape index (κ2) is 11.1. The van der Waals surface area contributed by atoms with Crippen molar-refractivity contribution in [3.63, 3.8) is 0 Å². The molecule has 5 aromatic rings. The molecule has 36 heavy (non-hydrogen) atoms. The number of pyridine rings is 1. The number of hydrogen-bond acceptors (Lipinski definition) is 6. The van der Waals surface area contributed by atoms with Gasteiger partial charge in [0.2, 0.25) is 0 Å². The number of nitrogens with one attached hydrogen (secondary N) is 1. The van der Waals surface area contributed by atoms with Gasteiger partial charge in [-0.15, -0.1) is 11.3 Å². The van der Waals surface area contributed by atoms with E-state index in [2.05, 4.69) is 84.7 Å². The summed E-state index contributed by atoms with van der Waals surface area (Å²) in [5.74, 6) is 0.833. The zero-order valence-corrected chi connectivity index (χ0v) is 22.5. The maximum Gasteiger partial charge on any atom is 0.129 e. The number of aryl methyl sites for hydroxylation is 1. The van der Waals surface area contributed by atoms with Gasteiger partial charge in [-0.3, -0.25) is 4.98 Å². The smallest absolute Gasteiger partial charge is 0.129 e. The van der Waals surface area contributed by atoms with E-state index in [9.17, 15) is 5.26 Å². The van der Waals surface area contributed by atoms with E-state index in [1.165, 1.54) is 4.70 Å². The topological polar surface area (TPSA) is 66.5 Å². The predicted molar refractivity (Wildman–Crippen MR) is 152 cm³/mol. The predicted octanol–water partition coefficient (Wildman–Crippen LogP) is 6.96. The zero-order valence-electron chi connectivity index (χ0n) is 20.8. The molecule has 5 rings (SSSR count). The van der Waals surface area contributed by atoms with E-state index in [1.54, 1.807) is 23.9 Å². The SMILES string of the molecule is CC(C)C.Cn1cncc1C(NS)(c1ccc(C#N)cc1)c1cc2ccc(-c3cccnc3)cc2s1. The lowest BCUT2D eigenvalue weighted by molar-refractivity contribution is 0.569. The molecule has 5 nitrogen and oxygen atoms in total. The molecule has 0 aliphatic carbocycles. The molecule has 0 radical (unpaired) electrons. The summed E-state index contributed by atoms with van der Waals surface area (Å²) >= 11 is 6.32. The third-order valence-electron chi connectivity index (χ3n) is 5.70. The third-order valence-corrected chi connectivity index (χ3v) is 7.25. The quantitative estimate of drug-likeness (QED) is 0.250. The summed E-state index contributed by atoms with van der Waals surface area (Å²) in [6, 6.07) is 22.5. The van der Waals surface area contributed by atoms with Crippen LogP contribution >= 0.6 is 24.2 Å². The standard InChI is InChI=1S/C25H19N5S2.C4H10/c1-30-16-28-15-23(30)25(29-31,21-8-4-17(13-26)5-9-21)24-12-19-7-6-18(11-22(19)32-24)20-3-2-10-27-14-20;1-4(2)3/h2-12,14-16,29,31H,1H3;4H,1-3H3. The van der Waals surface area contributed by atoms with Crippen molar-refractivity contribution in [3.8, 4) is 17.2 Å². The highest BCUT2D eigenvalue weighted by Crippen LogP contribution is 2.43. The number of rotatable bonds is 5. The lowest BCUT2D eigenvalue weighted by atomic mass is 9.85. The molecule has 1 unspecified atom stereocenters. The molecular formula is C29H29N5S2. The maximum atomic E-state index is 9.25. The van der Waals surface area contributed by atoms with Gasteiger partial charge in [0.15, 0.2) is 0 Å². The molecular weight excluding hydrogens is 482 g/mol. The molecule has 2 aromatic carbocycles. The van der Waals surface area contributed by atoms with E-state index in [4.69, 9.17) is 0 Å². The molecule has 0 spiro atoms. The van der Waals surface area contributed by atoms with Crippen LogP contribution in [0.25, 0.3) is 21.2 Å². The Morgan fingerprint density at radius 3 is 2.33 bits per heavy atom. The minimum absolute atomic E-state index is 0.615. The summed E-state index contributed by atoms with van der Waals surface area (Å²) in [6.07, 6.45) is 7.30. The van der Waals surface area contributed by atoms with E-state index in [-0.39, 0.29) is 0 Å². The van der Waals surface area contributed by atoms with Crippen molar-refractivity contribution in [1.82, 2.24) is 19.3 Å². The van der Waals surface area contributed by atoms with Crippen LogP contribution in [0.4, 0.5) is 0 Å². The fourth-order valence-electron chi connectivity index (χ4n) is 4.04. The highest BCUT2D eigenvalue weighted by molar-refractivity contribution is 7.78. The summed E-state index contributed by atoms with van der Waals surface area (Å²) in [7, 11) is 1.97. The van der Waals surface area contributed by atoms with Gasteiger partial charge >= 0.3 is 0 Å². The van der Waals surface area contributed by atoms with Crippen molar-refractivity contribution in [1.29, 1.82) is 5.26 Å². The summed E-state index contributed by atoms with van der Waals surface area (Å²) in [5, 5.41) is 10.4. The molecule has 3 aromatic heterocycles. The first kappa shape index (κ1) is 25.6. The van der Waals surface area contributed by atoms with Crippen LogP contribution in [0.15, 0.2) is 85.6 Å². The molecule has 1 N–H and O–H groups in total. The van der Waals surface area contributed by atoms with E-state index in [0.717, 1.165) is 38.6 Å². The molecule has 182 valence electrons. The van der Waals surface area contributed by atoms with Crippen molar-refractivity contribution in [2.24, 2.45) is 13.0 Å². The van der Waals surface area contributed by atoms with Crippen LogP contribution in [0.5, 0.6) is 0 Å². The lowest BCUT2D eigenvalue weighted by Crippen LogP contribution is -2.40. The maximum absolute atomic E-state index is 9.25. The fraction of sp³-hybridized carbons (Fsp3) is 0.207. The van der Waals surface area contributed by atoms with Crippen molar-refractivity contribution in [3.05, 3.63) is 107 Å². The Morgan fingerprint density at radius 1 is 1.00 bits per heavy atom. The minimum atomic E-state index is -0.736. The van der Waals surface area contributed by atoms with Crippen LogP contribution in [0.1, 0.15) is 42.5 Å². The Kier molecular flexibility index (Phi) is 7.90. The minimum Gasteiger partial charge on any atom is -0.335 e. The largest absolute Gasteiger partial charge is 0.335 e. The number of imidazole rings is 1. The number of nitrogens with zero attached hydrogens (tertiary/aromatic N) is 4. The van der Waals surface area contributed by atoms with E-state index >= 15 is 0 Å². The van der Waals surface area contributed by atoms with Gasteiger partial charge in [-0.05, 0) is 52.8 Å². The fourth-order valence-corrected chi connectivity index (χ4v) is 5.76. The Morgan fingerprint density at radius 2 is 1.75 bits per heavy atom. The number of fused-ring (bicyclic) bond motifs is 1. The summed E-state index contributed by atoms with van der Waals surface area (Å²) < 4.78 is 6.45. The average Bonchev–Trinajstić information content (AvgIpc) is 3.52. The highest BCUT2D eigenvalue weighted by atomic mass is 32.1. The number of hydrogen-bond donors (Lipinski definition) is 2. The molecule has 3 heterocycles. The summed E-state index contributed by atoms with van der Waals surface area (Å²) in [4.78, 5) is 9.69. The monoisotopic (exact) mass is 511 g/mol. The Labute approximate surface area is 222 Å². The molecule has 0 bridgehead atoms. The van der Waals surface area contributed by atoms with Gasteiger partial charge in [-0.25, -0.2) is 9.71 Å². The van der Waals surface area contributed by atoms with Gasteiger partial charge < -0.3 is 4.57 Å². The first-order chi connectivity index (χ1) is 17.4. The molecule has 7 heteroatoms. The van der Waals surface area contributed by atoms with E-state index < -0.39 is 5.54 Å². The van der Waals surface area contributed by atoms with Gasteiger partial charge in [0.25, 0.3) is 0 Å². The average molecular weight is 512 g/mol. The van der Waals surface area contributed by atoms with Gasteiger partial charge in [0, 0.05) is 34.6 Å². The first-order valence-electron chi connectivity index (χ1n) is 11.7. The number of thiophene rings is 1. The number of aromatic nitrogens is 3. The third kappa shape index (κ3) is 5.07. The first-order valence-corrected chi connectivity index (χ1v) is 13.0. The van der Waals surface area contributed by atoms with Crippen molar-refractivity contribution >= 4 is 34.2 Å². The van der Waals surface area contributed by atoms with Crippen LogP contribution in [0.2, 0.25) is 0 Å². The Bertz CT molecular complexity index is 1480. The number of thiol groups is 1. The van der Waals surface area contributed by atoms with E-state index in [1.807, 2.05) is 54.3 Å². The van der Waals surface area contributed by atoms with Gasteiger partial charge in [0.05, 0.1) is 29.9 Å². The second-order valence-corrected chi connectivity index (χ2v) is 10.6. The van der Waals surface area contributed by atoms with E-state index in [0.29, 0.717) is 5.56 Å². The van der Waals surface area contributed by atoms with Gasteiger partial charge in [-0.2, -0.15) is 5.26 Å². The summed E-state index contributed by atoms with van der Waals surface area (Å²) in [5.41, 5.74) is 4.03. The van der Waals surface area contributed by atoms with Gasteiger partial charge in [-0.1, -0.05) is 63.9 Å². The zero-order chi connectivity index (χ0) is 25.7. The summed E-state index contributed by atoms with van der Waals surface area (Å²) in [6.45, 7) is 6.50. The molecule has 0 aliphatic heterocycles.